The lowest BCUT2D eigenvalue weighted by atomic mass is 10.1. The highest BCUT2D eigenvalue weighted by Gasteiger charge is 2.22. The maximum absolute atomic E-state index is 14.3. The molecule has 2 aromatic rings. The number of nitrogens with zero attached hydrogens (tertiary/aromatic N) is 1. The summed E-state index contributed by atoms with van der Waals surface area (Å²) >= 11 is 0. The van der Waals surface area contributed by atoms with E-state index in [-0.39, 0.29) is 18.9 Å². The quantitative estimate of drug-likeness (QED) is 0.161. The summed E-state index contributed by atoms with van der Waals surface area (Å²) in [4.78, 5) is 23.9. The Hall–Kier alpha value is -2.63. The van der Waals surface area contributed by atoms with E-state index >= 15 is 0 Å². The molecule has 0 fully saturated rings. The van der Waals surface area contributed by atoms with Gasteiger partial charge in [0.15, 0.2) is 5.95 Å². The molecular weight excluding hydrogens is 443 g/mol. The van der Waals surface area contributed by atoms with Gasteiger partial charge < -0.3 is 15.0 Å². The lowest BCUT2D eigenvalue weighted by molar-refractivity contribution is -0.142. The summed E-state index contributed by atoms with van der Waals surface area (Å²) in [6, 6.07) is 7.30. The number of carbonyl (C=O) groups is 2. The third kappa shape index (κ3) is 11.1. The van der Waals surface area contributed by atoms with Gasteiger partial charge in [-0.25, -0.2) is 4.79 Å². The number of hydrogen-bond acceptors (Lipinski definition) is 2. The molecular formula is C29H43FN2O3. The maximum Gasteiger partial charge on any atom is 0.328 e. The summed E-state index contributed by atoms with van der Waals surface area (Å²) < 4.78 is 15.6. The van der Waals surface area contributed by atoms with Crippen molar-refractivity contribution in [2.75, 3.05) is 0 Å². The molecule has 6 heteroatoms. The average molecular weight is 487 g/mol. The van der Waals surface area contributed by atoms with E-state index in [0.717, 1.165) is 38.5 Å². The fourth-order valence-corrected chi connectivity index (χ4v) is 4.35. The normalized spacial score (nSPS) is 12.4. The fraction of sp³-hybridized carbons (Fsp3) is 0.586. The van der Waals surface area contributed by atoms with E-state index in [4.69, 9.17) is 0 Å². The predicted octanol–water partition coefficient (Wildman–Crippen LogP) is 7.39. The molecule has 1 atom stereocenters. The van der Waals surface area contributed by atoms with Crippen LogP contribution in [0.5, 0.6) is 0 Å². The highest BCUT2D eigenvalue weighted by atomic mass is 19.1. The summed E-state index contributed by atoms with van der Waals surface area (Å²) in [5.41, 5.74) is 0.614. The van der Waals surface area contributed by atoms with Crippen LogP contribution in [0.4, 0.5) is 4.39 Å². The number of unbranched alkanes of at least 4 members (excludes halogenated alkanes) is 11. The van der Waals surface area contributed by atoms with E-state index in [1.807, 2.05) is 0 Å². The standard InChI is InChI=1S/C29H43FN2O3/c1-2-3-4-5-6-7-8-9-10-11-12-13-14-15-16-21-28(33)31-25(29(34)35)23-32-26-20-18-17-19-24(26)22-27(32)30/h9-10,17-20,22,25H,2-8,11-16,21,23H2,1H3,(H,31,33)(H,34,35). The Balaban J connectivity index is 1.56. The molecule has 0 aliphatic carbocycles. The Morgan fingerprint density at radius 2 is 1.54 bits per heavy atom. The number of aromatic nitrogens is 1. The molecule has 2 N–H and O–H groups in total. The van der Waals surface area contributed by atoms with Crippen molar-refractivity contribution in [2.45, 2.75) is 109 Å². The van der Waals surface area contributed by atoms with Crippen LogP contribution in [0, 0.1) is 5.95 Å². The number of fused-ring (bicyclic) bond motifs is 1. The molecule has 0 radical (unpaired) electrons. The topological polar surface area (TPSA) is 71.3 Å². The van der Waals surface area contributed by atoms with Gasteiger partial charge in [0.05, 0.1) is 12.1 Å². The van der Waals surface area contributed by atoms with Crippen molar-refractivity contribution in [3.8, 4) is 0 Å². The third-order valence-corrected chi connectivity index (χ3v) is 6.42. The summed E-state index contributed by atoms with van der Waals surface area (Å²) in [7, 11) is 0. The fourth-order valence-electron chi connectivity index (χ4n) is 4.35. The van der Waals surface area contributed by atoms with Crippen molar-refractivity contribution >= 4 is 22.8 Å². The minimum absolute atomic E-state index is 0.146. The lowest BCUT2D eigenvalue weighted by Gasteiger charge is -2.16. The molecule has 0 bridgehead atoms. The molecule has 1 heterocycles. The number of benzene rings is 1. The van der Waals surface area contributed by atoms with Gasteiger partial charge in [0.2, 0.25) is 5.91 Å². The molecule has 0 aliphatic rings. The number of para-hydroxylation sites is 1. The van der Waals surface area contributed by atoms with Crippen molar-refractivity contribution < 1.29 is 19.1 Å². The Kier molecular flexibility index (Phi) is 13.8. The zero-order valence-corrected chi connectivity index (χ0v) is 21.3. The second-order valence-corrected chi connectivity index (χ2v) is 9.43. The van der Waals surface area contributed by atoms with Gasteiger partial charge in [-0.2, -0.15) is 4.39 Å². The molecule has 1 aromatic heterocycles. The molecule has 0 saturated carbocycles. The molecule has 0 spiro atoms. The number of carbonyl (C=O) groups excluding carboxylic acids is 1. The molecule has 5 nitrogen and oxygen atoms in total. The first kappa shape index (κ1) is 28.6. The van der Waals surface area contributed by atoms with E-state index in [1.165, 1.54) is 55.6 Å². The number of aliphatic carboxylic acids is 1. The van der Waals surface area contributed by atoms with Crippen molar-refractivity contribution in [2.24, 2.45) is 0 Å². The Labute approximate surface area is 209 Å². The molecule has 1 unspecified atom stereocenters. The maximum atomic E-state index is 14.3. The number of amides is 1. The van der Waals surface area contributed by atoms with Gasteiger partial charge >= 0.3 is 5.97 Å². The van der Waals surface area contributed by atoms with Crippen molar-refractivity contribution in [1.29, 1.82) is 0 Å². The third-order valence-electron chi connectivity index (χ3n) is 6.42. The lowest BCUT2D eigenvalue weighted by Crippen LogP contribution is -2.43. The predicted molar refractivity (Wildman–Crippen MR) is 141 cm³/mol. The van der Waals surface area contributed by atoms with Crippen LogP contribution in [0.25, 0.3) is 10.9 Å². The van der Waals surface area contributed by atoms with Gasteiger partial charge in [0.1, 0.15) is 6.04 Å². The highest BCUT2D eigenvalue weighted by Crippen LogP contribution is 2.19. The number of nitrogens with one attached hydrogen (secondary N) is 1. The monoisotopic (exact) mass is 486 g/mol. The number of carboxylic acid groups (broad SMARTS) is 1. The van der Waals surface area contributed by atoms with E-state index < -0.39 is 18.0 Å². The van der Waals surface area contributed by atoms with E-state index in [9.17, 15) is 19.1 Å². The minimum Gasteiger partial charge on any atom is -0.480 e. The Morgan fingerprint density at radius 1 is 0.943 bits per heavy atom. The summed E-state index contributed by atoms with van der Waals surface area (Å²) in [6.07, 6.45) is 20.3. The van der Waals surface area contributed by atoms with Gasteiger partial charge in [-0.05, 0) is 38.2 Å². The van der Waals surface area contributed by atoms with Gasteiger partial charge in [0, 0.05) is 17.9 Å². The van der Waals surface area contributed by atoms with E-state index in [0.29, 0.717) is 10.9 Å². The first-order chi connectivity index (χ1) is 17.0. The first-order valence-corrected chi connectivity index (χ1v) is 13.4. The molecule has 1 amide bonds. The van der Waals surface area contributed by atoms with Crippen LogP contribution in [-0.4, -0.2) is 27.6 Å². The van der Waals surface area contributed by atoms with Crippen molar-refractivity contribution in [3.05, 3.63) is 48.4 Å². The number of hydrogen-bond donors (Lipinski definition) is 2. The number of rotatable bonds is 19. The number of carboxylic acids is 1. The molecule has 0 aliphatic heterocycles. The van der Waals surface area contributed by atoms with Crippen LogP contribution in [0.15, 0.2) is 42.5 Å². The van der Waals surface area contributed by atoms with Gasteiger partial charge in [-0.3, -0.25) is 4.79 Å². The molecule has 35 heavy (non-hydrogen) atoms. The molecule has 194 valence electrons. The molecule has 0 saturated heterocycles. The van der Waals surface area contributed by atoms with Gasteiger partial charge in [-0.1, -0.05) is 88.6 Å². The Morgan fingerprint density at radius 3 is 2.20 bits per heavy atom. The summed E-state index contributed by atoms with van der Waals surface area (Å²) in [6.45, 7) is 2.10. The smallest absolute Gasteiger partial charge is 0.328 e. The SMILES string of the molecule is CCCCCCCCC=CCCCCCCCC(=O)NC(Cn1c(F)cc2ccccc21)C(=O)O. The highest BCUT2D eigenvalue weighted by molar-refractivity contribution is 5.84. The number of allylic oxidation sites excluding steroid dienone is 2. The van der Waals surface area contributed by atoms with Crippen LogP contribution < -0.4 is 5.32 Å². The largest absolute Gasteiger partial charge is 0.480 e. The van der Waals surface area contributed by atoms with E-state index in [1.54, 1.807) is 24.3 Å². The first-order valence-electron chi connectivity index (χ1n) is 13.4. The molecule has 2 rings (SSSR count). The van der Waals surface area contributed by atoms with E-state index in [2.05, 4.69) is 24.4 Å². The van der Waals surface area contributed by atoms with Crippen LogP contribution in [0.1, 0.15) is 96.8 Å². The van der Waals surface area contributed by atoms with Crippen LogP contribution >= 0.6 is 0 Å². The number of halogens is 1. The summed E-state index contributed by atoms with van der Waals surface area (Å²) in [5, 5.41) is 12.8. The van der Waals surface area contributed by atoms with Gasteiger partial charge in [0.25, 0.3) is 0 Å². The zero-order chi connectivity index (χ0) is 25.3. The minimum atomic E-state index is -1.17. The van der Waals surface area contributed by atoms with Crippen LogP contribution in [0.3, 0.4) is 0 Å². The zero-order valence-electron chi connectivity index (χ0n) is 21.3. The van der Waals surface area contributed by atoms with Crippen LogP contribution in [-0.2, 0) is 16.1 Å². The second kappa shape index (κ2) is 16.9. The van der Waals surface area contributed by atoms with Gasteiger partial charge in [-0.15, -0.1) is 0 Å². The summed E-state index contributed by atoms with van der Waals surface area (Å²) in [5.74, 6) is -1.98. The van der Waals surface area contributed by atoms with Crippen molar-refractivity contribution in [1.82, 2.24) is 9.88 Å². The average Bonchev–Trinajstić information content (AvgIpc) is 3.15. The van der Waals surface area contributed by atoms with Crippen LogP contribution in [0.2, 0.25) is 0 Å². The second-order valence-electron chi connectivity index (χ2n) is 9.43. The van der Waals surface area contributed by atoms with Crippen molar-refractivity contribution in [3.63, 3.8) is 0 Å². The molecule has 1 aromatic carbocycles. The Bertz CT molecular complexity index is 922.